The molecule has 0 radical (unpaired) electrons. The summed E-state index contributed by atoms with van der Waals surface area (Å²) in [5.41, 5.74) is 1.14. The summed E-state index contributed by atoms with van der Waals surface area (Å²) in [6.45, 7) is 1.80. The van der Waals surface area contributed by atoms with E-state index in [9.17, 15) is 8.78 Å². The van der Waals surface area contributed by atoms with E-state index in [4.69, 9.17) is 0 Å². The largest absolute Gasteiger partial charge is 0.256 e. The average molecular weight is 258 g/mol. The van der Waals surface area contributed by atoms with Crippen molar-refractivity contribution in [3.05, 3.63) is 40.0 Å². The van der Waals surface area contributed by atoms with Crippen LogP contribution in [0.2, 0.25) is 0 Å². The zero-order chi connectivity index (χ0) is 10.3. The lowest BCUT2D eigenvalue weighted by molar-refractivity contribution is 0.591. The van der Waals surface area contributed by atoms with E-state index in [2.05, 4.69) is 20.9 Å². The molecule has 1 heterocycles. The number of aryl methyl sites for hydroxylation is 1. The van der Waals surface area contributed by atoms with Crippen LogP contribution in [0.4, 0.5) is 8.78 Å². The van der Waals surface area contributed by atoms with Crippen LogP contribution in [0.15, 0.2) is 22.8 Å². The maximum atomic E-state index is 13.4. The van der Waals surface area contributed by atoms with Gasteiger partial charge in [0.05, 0.1) is 10.9 Å². The molecule has 0 saturated heterocycles. The molecule has 0 spiro atoms. The number of hydrogen-bond donors (Lipinski definition) is 0. The van der Waals surface area contributed by atoms with Gasteiger partial charge in [-0.2, -0.15) is 0 Å². The standard InChI is InChI=1S/C10H6BrF2N/c1-5-4-14-8-3-6(12)2-7(13)9(8)10(5)11/h2-4H,1H3. The summed E-state index contributed by atoms with van der Waals surface area (Å²) in [6, 6.07) is 2.07. The molecule has 0 aliphatic carbocycles. The second kappa shape index (κ2) is 3.28. The van der Waals surface area contributed by atoms with Crippen LogP contribution in [0.25, 0.3) is 10.9 Å². The van der Waals surface area contributed by atoms with Crippen molar-refractivity contribution in [3.63, 3.8) is 0 Å². The van der Waals surface area contributed by atoms with Gasteiger partial charge in [0.25, 0.3) is 0 Å². The third-order valence-electron chi connectivity index (χ3n) is 2.00. The number of rotatable bonds is 0. The van der Waals surface area contributed by atoms with Crippen LogP contribution < -0.4 is 0 Å². The smallest absolute Gasteiger partial charge is 0.136 e. The van der Waals surface area contributed by atoms with Crippen molar-refractivity contribution < 1.29 is 8.78 Å². The number of aromatic nitrogens is 1. The number of halogens is 3. The monoisotopic (exact) mass is 257 g/mol. The molecule has 1 aromatic heterocycles. The van der Waals surface area contributed by atoms with Crippen molar-refractivity contribution in [2.24, 2.45) is 0 Å². The molecule has 2 aromatic rings. The minimum absolute atomic E-state index is 0.319. The molecule has 0 N–H and O–H groups in total. The Morgan fingerprint density at radius 2 is 2.00 bits per heavy atom. The quantitative estimate of drug-likeness (QED) is 0.703. The van der Waals surface area contributed by atoms with Gasteiger partial charge in [-0.25, -0.2) is 8.78 Å². The normalized spacial score (nSPS) is 10.9. The summed E-state index contributed by atoms with van der Waals surface area (Å²) >= 11 is 3.25. The summed E-state index contributed by atoms with van der Waals surface area (Å²) in [7, 11) is 0. The Morgan fingerprint density at radius 3 is 2.71 bits per heavy atom. The first-order chi connectivity index (χ1) is 6.59. The Morgan fingerprint density at radius 1 is 1.29 bits per heavy atom. The van der Waals surface area contributed by atoms with Crippen molar-refractivity contribution in [2.75, 3.05) is 0 Å². The highest BCUT2D eigenvalue weighted by Crippen LogP contribution is 2.28. The van der Waals surface area contributed by atoms with E-state index in [-0.39, 0.29) is 0 Å². The van der Waals surface area contributed by atoms with E-state index >= 15 is 0 Å². The molecule has 0 amide bonds. The first-order valence-corrected chi connectivity index (χ1v) is 4.79. The number of hydrogen-bond acceptors (Lipinski definition) is 1. The van der Waals surface area contributed by atoms with E-state index in [1.807, 2.05) is 0 Å². The third kappa shape index (κ3) is 1.39. The van der Waals surface area contributed by atoms with Gasteiger partial charge in [-0.3, -0.25) is 4.98 Å². The molecule has 72 valence electrons. The summed E-state index contributed by atoms with van der Waals surface area (Å²) < 4.78 is 26.8. The molecule has 0 atom stereocenters. The molecule has 4 heteroatoms. The number of fused-ring (bicyclic) bond motifs is 1. The van der Waals surface area contributed by atoms with Gasteiger partial charge in [0.1, 0.15) is 11.6 Å². The number of nitrogens with zero attached hydrogens (tertiary/aromatic N) is 1. The minimum atomic E-state index is -0.613. The fourth-order valence-electron chi connectivity index (χ4n) is 1.30. The van der Waals surface area contributed by atoms with Gasteiger partial charge in [-0.15, -0.1) is 0 Å². The van der Waals surface area contributed by atoms with Crippen molar-refractivity contribution in [2.45, 2.75) is 6.92 Å². The summed E-state index contributed by atoms with van der Waals surface area (Å²) in [6.07, 6.45) is 1.57. The van der Waals surface area contributed by atoms with Gasteiger partial charge in [0.2, 0.25) is 0 Å². The van der Waals surface area contributed by atoms with Crippen LogP contribution in [-0.4, -0.2) is 4.98 Å². The second-order valence-electron chi connectivity index (χ2n) is 3.04. The molecule has 1 nitrogen and oxygen atoms in total. The van der Waals surface area contributed by atoms with Gasteiger partial charge in [-0.1, -0.05) is 0 Å². The second-order valence-corrected chi connectivity index (χ2v) is 3.83. The molecular weight excluding hydrogens is 252 g/mol. The van der Waals surface area contributed by atoms with Crippen LogP contribution in [0, 0.1) is 18.6 Å². The predicted octanol–water partition coefficient (Wildman–Crippen LogP) is 3.58. The zero-order valence-electron chi connectivity index (χ0n) is 7.31. The molecule has 0 aliphatic heterocycles. The van der Waals surface area contributed by atoms with Crippen LogP contribution in [-0.2, 0) is 0 Å². The van der Waals surface area contributed by atoms with E-state index in [0.717, 1.165) is 11.6 Å². The lowest BCUT2D eigenvalue weighted by Crippen LogP contribution is -1.90. The summed E-state index contributed by atoms with van der Waals surface area (Å²) in [5, 5.41) is 0.325. The number of benzene rings is 1. The van der Waals surface area contributed by atoms with Gasteiger partial charge in [-0.05, 0) is 28.4 Å². The minimum Gasteiger partial charge on any atom is -0.256 e. The number of pyridine rings is 1. The van der Waals surface area contributed by atoms with Gasteiger partial charge < -0.3 is 0 Å². The average Bonchev–Trinajstić information content (AvgIpc) is 2.10. The first kappa shape index (κ1) is 9.52. The Hall–Kier alpha value is -1.03. The molecule has 0 saturated carbocycles. The van der Waals surface area contributed by atoms with Gasteiger partial charge in [0.15, 0.2) is 0 Å². The topological polar surface area (TPSA) is 12.9 Å². The molecule has 0 unspecified atom stereocenters. The summed E-state index contributed by atoms with van der Waals surface area (Å²) in [4.78, 5) is 3.95. The van der Waals surface area contributed by atoms with E-state index in [0.29, 0.717) is 15.4 Å². The van der Waals surface area contributed by atoms with Crippen molar-refractivity contribution in [1.29, 1.82) is 0 Å². The Kier molecular flexibility index (Phi) is 2.23. The third-order valence-corrected chi connectivity index (χ3v) is 3.02. The lowest BCUT2D eigenvalue weighted by Gasteiger charge is -2.04. The SMILES string of the molecule is Cc1cnc2cc(F)cc(F)c2c1Br. The molecular formula is C10H6BrF2N. The Labute approximate surface area is 87.9 Å². The molecule has 0 bridgehead atoms. The van der Waals surface area contributed by atoms with Crippen LogP contribution in [0.5, 0.6) is 0 Å². The predicted molar refractivity (Wildman–Crippen MR) is 54.1 cm³/mol. The van der Waals surface area contributed by atoms with E-state index in [1.54, 1.807) is 13.1 Å². The molecule has 0 fully saturated rings. The molecule has 14 heavy (non-hydrogen) atoms. The van der Waals surface area contributed by atoms with Crippen LogP contribution in [0.3, 0.4) is 0 Å². The van der Waals surface area contributed by atoms with Crippen molar-refractivity contribution in [3.8, 4) is 0 Å². The van der Waals surface area contributed by atoms with Crippen molar-refractivity contribution >= 4 is 26.8 Å². The summed E-state index contributed by atoms with van der Waals surface area (Å²) in [5.74, 6) is -1.21. The fourth-order valence-corrected chi connectivity index (χ4v) is 1.79. The maximum Gasteiger partial charge on any atom is 0.136 e. The zero-order valence-corrected chi connectivity index (χ0v) is 8.90. The van der Waals surface area contributed by atoms with Crippen molar-refractivity contribution in [1.82, 2.24) is 4.98 Å². The van der Waals surface area contributed by atoms with Crippen LogP contribution >= 0.6 is 15.9 Å². The Balaban J connectivity index is 2.95. The van der Waals surface area contributed by atoms with Gasteiger partial charge >= 0.3 is 0 Å². The highest BCUT2D eigenvalue weighted by atomic mass is 79.9. The molecule has 1 aromatic carbocycles. The van der Waals surface area contributed by atoms with Gasteiger partial charge in [0, 0.05) is 22.8 Å². The first-order valence-electron chi connectivity index (χ1n) is 3.99. The lowest BCUT2D eigenvalue weighted by atomic mass is 10.1. The van der Waals surface area contributed by atoms with E-state index < -0.39 is 11.6 Å². The van der Waals surface area contributed by atoms with E-state index in [1.165, 1.54) is 6.07 Å². The Bertz CT molecular complexity index is 511. The van der Waals surface area contributed by atoms with Crippen LogP contribution in [0.1, 0.15) is 5.56 Å². The molecule has 2 rings (SSSR count). The maximum absolute atomic E-state index is 13.4. The fraction of sp³-hybridized carbons (Fsp3) is 0.100. The highest BCUT2D eigenvalue weighted by molar-refractivity contribution is 9.10. The molecule has 0 aliphatic rings. The highest BCUT2D eigenvalue weighted by Gasteiger charge is 2.09.